The highest BCUT2D eigenvalue weighted by Crippen LogP contribution is 2.56. The quantitative estimate of drug-likeness (QED) is 0.576. The molecular formula is C18H35N2P. The number of hydrogen-bond acceptors (Lipinski definition) is 2. The molecule has 0 bridgehead atoms. The zero-order valence-corrected chi connectivity index (χ0v) is 15.4. The van der Waals surface area contributed by atoms with E-state index < -0.39 is 0 Å². The number of hydrogen-bond donors (Lipinski definition) is 0. The first-order valence-electron chi connectivity index (χ1n) is 9.32. The van der Waals surface area contributed by atoms with E-state index in [1.54, 1.807) is 5.57 Å². The first-order chi connectivity index (χ1) is 10.3. The Bertz CT molecular complexity index is 304. The number of piperidine rings is 2. The molecule has 2 aliphatic rings. The van der Waals surface area contributed by atoms with E-state index in [1.807, 2.05) is 5.31 Å². The van der Waals surface area contributed by atoms with Crippen LogP contribution in [-0.4, -0.2) is 35.5 Å². The molecule has 2 fully saturated rings. The summed E-state index contributed by atoms with van der Waals surface area (Å²) in [4.78, 5) is 0. The third-order valence-electron chi connectivity index (χ3n) is 5.04. The van der Waals surface area contributed by atoms with Crippen molar-refractivity contribution in [1.82, 2.24) is 9.34 Å². The zero-order valence-electron chi connectivity index (χ0n) is 14.5. The minimum Gasteiger partial charge on any atom is -0.267 e. The Balaban J connectivity index is 2.25. The van der Waals surface area contributed by atoms with Gasteiger partial charge in [0.15, 0.2) is 0 Å². The van der Waals surface area contributed by atoms with Gasteiger partial charge in [-0.3, -0.25) is 9.34 Å². The molecule has 0 amide bonds. The summed E-state index contributed by atoms with van der Waals surface area (Å²) < 4.78 is 5.74. The fraction of sp³-hybridized carbons (Fsp3) is 0.889. The Morgan fingerprint density at radius 3 is 1.43 bits per heavy atom. The second kappa shape index (κ2) is 9.28. The molecule has 2 saturated heterocycles. The van der Waals surface area contributed by atoms with Gasteiger partial charge in [-0.2, -0.15) is 0 Å². The van der Waals surface area contributed by atoms with Crippen LogP contribution in [0.1, 0.15) is 78.6 Å². The van der Waals surface area contributed by atoms with Gasteiger partial charge in [-0.15, -0.1) is 0 Å². The minimum absolute atomic E-state index is 0.165. The van der Waals surface area contributed by atoms with Gasteiger partial charge in [0.2, 0.25) is 0 Å². The fourth-order valence-electron chi connectivity index (χ4n) is 3.84. The lowest BCUT2D eigenvalue weighted by molar-refractivity contribution is 0.312. The minimum atomic E-state index is -0.165. The molecule has 0 saturated carbocycles. The lowest BCUT2D eigenvalue weighted by atomic mass is 10.1. The predicted molar refractivity (Wildman–Crippen MR) is 95.7 cm³/mol. The first kappa shape index (κ1) is 17.4. The summed E-state index contributed by atoms with van der Waals surface area (Å²) in [5.74, 6) is 0. The lowest BCUT2D eigenvalue weighted by Crippen LogP contribution is -2.35. The van der Waals surface area contributed by atoms with E-state index in [4.69, 9.17) is 0 Å². The van der Waals surface area contributed by atoms with Crippen LogP contribution in [0.3, 0.4) is 0 Å². The summed E-state index contributed by atoms with van der Waals surface area (Å²) in [6, 6.07) is 0. The van der Waals surface area contributed by atoms with Crippen molar-refractivity contribution in [2.24, 2.45) is 0 Å². The van der Waals surface area contributed by atoms with Crippen LogP contribution in [0.4, 0.5) is 0 Å². The Labute approximate surface area is 133 Å². The van der Waals surface area contributed by atoms with E-state index >= 15 is 0 Å². The van der Waals surface area contributed by atoms with Gasteiger partial charge < -0.3 is 0 Å². The van der Waals surface area contributed by atoms with Crippen LogP contribution in [0.2, 0.25) is 0 Å². The monoisotopic (exact) mass is 310 g/mol. The van der Waals surface area contributed by atoms with Crippen LogP contribution in [-0.2, 0) is 0 Å². The molecule has 3 heteroatoms. The number of allylic oxidation sites excluding steroid dienone is 2. The summed E-state index contributed by atoms with van der Waals surface area (Å²) in [6.07, 6.45) is 12.3. The van der Waals surface area contributed by atoms with Crippen molar-refractivity contribution in [2.75, 3.05) is 26.2 Å². The van der Waals surface area contributed by atoms with Gasteiger partial charge in [0.1, 0.15) is 0 Å². The Morgan fingerprint density at radius 1 is 0.667 bits per heavy atom. The van der Waals surface area contributed by atoms with Crippen LogP contribution >= 0.6 is 8.22 Å². The van der Waals surface area contributed by atoms with Gasteiger partial charge in [0, 0.05) is 26.2 Å². The maximum absolute atomic E-state index is 2.87. The second-order valence-electron chi connectivity index (χ2n) is 6.43. The largest absolute Gasteiger partial charge is 0.267 e. The van der Waals surface area contributed by atoms with E-state index in [9.17, 15) is 0 Å². The summed E-state index contributed by atoms with van der Waals surface area (Å²) in [5, 5.41) is 1.82. The number of rotatable bonds is 6. The van der Waals surface area contributed by atoms with Crippen molar-refractivity contribution in [3.05, 3.63) is 10.9 Å². The van der Waals surface area contributed by atoms with Crippen molar-refractivity contribution in [2.45, 2.75) is 78.6 Å². The second-order valence-corrected chi connectivity index (χ2v) is 8.68. The van der Waals surface area contributed by atoms with Crippen LogP contribution in [0.15, 0.2) is 10.9 Å². The average molecular weight is 310 g/mol. The molecule has 0 unspecified atom stereocenters. The smallest absolute Gasteiger partial charge is 0.0681 e. The van der Waals surface area contributed by atoms with Crippen molar-refractivity contribution < 1.29 is 0 Å². The maximum atomic E-state index is 2.87. The van der Waals surface area contributed by atoms with Gasteiger partial charge in [-0.05, 0) is 50.3 Å². The number of nitrogens with zero attached hydrogens (tertiary/aromatic N) is 2. The molecule has 0 spiro atoms. The third kappa shape index (κ3) is 4.53. The molecule has 2 heterocycles. The van der Waals surface area contributed by atoms with Crippen molar-refractivity contribution >= 4 is 8.22 Å². The molecule has 0 radical (unpaired) electrons. The van der Waals surface area contributed by atoms with Crippen LogP contribution in [0, 0.1) is 0 Å². The SMILES string of the molecule is CCC(CC)=C(CC)P(N1CCCCC1)N1CCCCC1. The Morgan fingerprint density at radius 2 is 1.10 bits per heavy atom. The fourth-order valence-corrected chi connectivity index (χ4v) is 7.09. The molecule has 0 aromatic rings. The van der Waals surface area contributed by atoms with E-state index in [0.29, 0.717) is 0 Å². The molecule has 0 aromatic carbocycles. The molecule has 2 aliphatic heterocycles. The summed E-state index contributed by atoms with van der Waals surface area (Å²) in [6.45, 7) is 12.5. The molecule has 0 aromatic heterocycles. The molecule has 0 atom stereocenters. The molecule has 2 nitrogen and oxygen atoms in total. The van der Waals surface area contributed by atoms with E-state index in [-0.39, 0.29) is 8.22 Å². The highest BCUT2D eigenvalue weighted by atomic mass is 31.1. The van der Waals surface area contributed by atoms with Crippen molar-refractivity contribution in [3.8, 4) is 0 Å². The highest BCUT2D eigenvalue weighted by Gasteiger charge is 2.31. The normalized spacial score (nSPS) is 21.7. The standard InChI is InChI=1S/C18H35N2P/c1-4-17(5-2)18(6-3)21(19-13-9-7-10-14-19)20-15-11-8-12-16-20/h4-16H2,1-3H3. The van der Waals surface area contributed by atoms with E-state index in [1.165, 1.54) is 84.0 Å². The maximum Gasteiger partial charge on any atom is 0.0681 e. The highest BCUT2D eigenvalue weighted by molar-refractivity contribution is 7.57. The van der Waals surface area contributed by atoms with Crippen LogP contribution in [0.25, 0.3) is 0 Å². The lowest BCUT2D eigenvalue weighted by Gasteiger charge is -2.44. The first-order valence-corrected chi connectivity index (χ1v) is 10.6. The van der Waals surface area contributed by atoms with Gasteiger partial charge in [0.25, 0.3) is 0 Å². The topological polar surface area (TPSA) is 6.48 Å². The van der Waals surface area contributed by atoms with Gasteiger partial charge >= 0.3 is 0 Å². The average Bonchev–Trinajstić information content (AvgIpc) is 2.56. The molecule has 0 N–H and O–H groups in total. The molecule has 122 valence electrons. The summed E-state index contributed by atoms with van der Waals surface area (Å²) in [5.41, 5.74) is 1.75. The summed E-state index contributed by atoms with van der Waals surface area (Å²) >= 11 is 0. The van der Waals surface area contributed by atoms with Gasteiger partial charge in [0.05, 0.1) is 8.22 Å². The van der Waals surface area contributed by atoms with Crippen LogP contribution < -0.4 is 0 Å². The molecule has 0 aliphatic carbocycles. The molecular weight excluding hydrogens is 275 g/mol. The Kier molecular flexibility index (Phi) is 7.71. The predicted octanol–water partition coefficient (Wildman–Crippen LogP) is 5.75. The van der Waals surface area contributed by atoms with Gasteiger partial charge in [-0.25, -0.2) is 0 Å². The molecule has 21 heavy (non-hydrogen) atoms. The molecule has 2 rings (SSSR count). The van der Waals surface area contributed by atoms with E-state index in [0.717, 1.165) is 0 Å². The zero-order chi connectivity index (χ0) is 15.1. The Hall–Kier alpha value is 0.0900. The van der Waals surface area contributed by atoms with Crippen molar-refractivity contribution in [1.29, 1.82) is 0 Å². The van der Waals surface area contributed by atoms with E-state index in [2.05, 4.69) is 30.1 Å². The van der Waals surface area contributed by atoms with Crippen LogP contribution in [0.5, 0.6) is 0 Å². The van der Waals surface area contributed by atoms with Crippen molar-refractivity contribution in [3.63, 3.8) is 0 Å². The third-order valence-corrected chi connectivity index (χ3v) is 8.03. The summed E-state index contributed by atoms with van der Waals surface area (Å²) in [7, 11) is -0.165. The van der Waals surface area contributed by atoms with Gasteiger partial charge in [-0.1, -0.05) is 39.2 Å².